The first kappa shape index (κ1) is 17.8. The normalized spacial score (nSPS) is 12.5. The zero-order valence-corrected chi connectivity index (χ0v) is 13.3. The van der Waals surface area contributed by atoms with Crippen LogP contribution in [0.25, 0.3) is 0 Å². The maximum atomic E-state index is 13.1. The van der Waals surface area contributed by atoms with Gasteiger partial charge in [-0.1, -0.05) is 30.3 Å². The van der Waals surface area contributed by atoms with Gasteiger partial charge in [-0.2, -0.15) is 13.2 Å². The van der Waals surface area contributed by atoms with Gasteiger partial charge < -0.3 is 9.47 Å². The van der Waals surface area contributed by atoms with E-state index in [4.69, 9.17) is 9.47 Å². The molecule has 0 radical (unpaired) electrons. The van der Waals surface area contributed by atoms with E-state index in [1.54, 1.807) is 0 Å². The molecule has 3 nitrogen and oxygen atoms in total. The molecule has 0 aliphatic heterocycles. The number of hydrogen-bond acceptors (Lipinski definition) is 3. The molecule has 0 saturated carbocycles. The molecule has 2 aromatic carbocycles. The van der Waals surface area contributed by atoms with Crippen LogP contribution in [0.1, 0.15) is 36.6 Å². The van der Waals surface area contributed by atoms with Gasteiger partial charge in [-0.3, -0.25) is 4.79 Å². The van der Waals surface area contributed by atoms with Crippen molar-refractivity contribution in [3.63, 3.8) is 0 Å². The third kappa shape index (κ3) is 4.75. The van der Waals surface area contributed by atoms with Crippen LogP contribution in [0.15, 0.2) is 48.5 Å². The van der Waals surface area contributed by atoms with E-state index >= 15 is 0 Å². The summed E-state index contributed by atoms with van der Waals surface area (Å²) in [5.41, 5.74) is -0.0847. The highest BCUT2D eigenvalue weighted by Gasteiger charge is 2.35. The smallest absolute Gasteiger partial charge is 0.416 e. The Morgan fingerprint density at radius 1 is 1.12 bits per heavy atom. The SMILES string of the molecule is CC(=O)OC(C)c1cc(OCc2ccccc2)ccc1C(F)(F)F. The molecule has 0 heterocycles. The molecule has 0 aromatic heterocycles. The standard InChI is InChI=1S/C18H17F3O3/c1-12(24-13(2)22)16-10-15(8-9-17(16)18(19,20)21)23-11-14-6-4-3-5-7-14/h3-10,12H,11H2,1-2H3. The summed E-state index contributed by atoms with van der Waals surface area (Å²) in [7, 11) is 0. The van der Waals surface area contributed by atoms with Gasteiger partial charge in [0.2, 0.25) is 0 Å². The van der Waals surface area contributed by atoms with Gasteiger partial charge in [0.25, 0.3) is 0 Å². The number of esters is 1. The number of halogens is 3. The summed E-state index contributed by atoms with van der Waals surface area (Å²) in [6.45, 7) is 2.78. The van der Waals surface area contributed by atoms with E-state index in [9.17, 15) is 18.0 Å². The van der Waals surface area contributed by atoms with E-state index in [0.29, 0.717) is 0 Å². The van der Waals surface area contributed by atoms with Crippen molar-refractivity contribution < 1.29 is 27.4 Å². The minimum atomic E-state index is -4.54. The molecule has 0 bridgehead atoms. The van der Waals surface area contributed by atoms with Crippen molar-refractivity contribution in [3.05, 3.63) is 65.2 Å². The first-order valence-electron chi connectivity index (χ1n) is 7.32. The minimum Gasteiger partial charge on any atom is -0.489 e. The van der Waals surface area contributed by atoms with Crippen molar-refractivity contribution in [1.29, 1.82) is 0 Å². The molecule has 1 atom stereocenters. The van der Waals surface area contributed by atoms with Crippen molar-refractivity contribution in [2.24, 2.45) is 0 Å². The van der Waals surface area contributed by atoms with Gasteiger partial charge in [0, 0.05) is 12.5 Å². The van der Waals surface area contributed by atoms with Crippen LogP contribution in [-0.4, -0.2) is 5.97 Å². The van der Waals surface area contributed by atoms with Gasteiger partial charge >= 0.3 is 12.1 Å². The molecular formula is C18H17F3O3. The molecule has 0 aliphatic rings. The monoisotopic (exact) mass is 338 g/mol. The van der Waals surface area contributed by atoms with Gasteiger partial charge in [0.05, 0.1) is 5.56 Å². The quantitative estimate of drug-likeness (QED) is 0.727. The number of ether oxygens (including phenoxy) is 2. The third-order valence-electron chi connectivity index (χ3n) is 3.36. The fourth-order valence-corrected chi connectivity index (χ4v) is 2.28. The van der Waals surface area contributed by atoms with Crippen molar-refractivity contribution >= 4 is 5.97 Å². The van der Waals surface area contributed by atoms with E-state index < -0.39 is 23.8 Å². The highest BCUT2D eigenvalue weighted by atomic mass is 19.4. The van der Waals surface area contributed by atoms with Crippen LogP contribution in [0.2, 0.25) is 0 Å². The Bertz CT molecular complexity index is 696. The van der Waals surface area contributed by atoms with Crippen molar-refractivity contribution in [3.8, 4) is 5.75 Å². The molecule has 0 aliphatic carbocycles. The fraction of sp³-hybridized carbons (Fsp3) is 0.278. The Kier molecular flexibility index (Phi) is 5.49. The van der Waals surface area contributed by atoms with E-state index in [1.807, 2.05) is 30.3 Å². The average Bonchev–Trinajstić information content (AvgIpc) is 2.52. The molecule has 0 saturated heterocycles. The molecule has 0 fully saturated rings. The lowest BCUT2D eigenvalue weighted by atomic mass is 10.0. The zero-order valence-electron chi connectivity index (χ0n) is 13.3. The predicted molar refractivity (Wildman–Crippen MR) is 82.4 cm³/mol. The third-order valence-corrected chi connectivity index (χ3v) is 3.36. The molecule has 0 amide bonds. The second-order valence-electron chi connectivity index (χ2n) is 5.27. The van der Waals surface area contributed by atoms with Crippen LogP contribution in [0.5, 0.6) is 5.75 Å². The van der Waals surface area contributed by atoms with E-state index in [2.05, 4.69) is 0 Å². The first-order chi connectivity index (χ1) is 11.3. The second-order valence-corrected chi connectivity index (χ2v) is 5.27. The summed E-state index contributed by atoms with van der Waals surface area (Å²) in [4.78, 5) is 11.0. The van der Waals surface area contributed by atoms with Crippen LogP contribution in [0, 0.1) is 0 Å². The lowest BCUT2D eigenvalue weighted by Crippen LogP contribution is -2.14. The summed E-state index contributed by atoms with van der Waals surface area (Å²) < 4.78 is 49.9. The molecular weight excluding hydrogens is 321 g/mol. The maximum absolute atomic E-state index is 13.1. The van der Waals surface area contributed by atoms with Crippen LogP contribution < -0.4 is 4.74 Å². The van der Waals surface area contributed by atoms with Gasteiger partial charge in [-0.05, 0) is 30.7 Å². The molecule has 2 aromatic rings. The van der Waals surface area contributed by atoms with Crippen LogP contribution >= 0.6 is 0 Å². The Morgan fingerprint density at radius 3 is 2.38 bits per heavy atom. The van der Waals surface area contributed by atoms with Crippen molar-refractivity contribution in [2.75, 3.05) is 0 Å². The largest absolute Gasteiger partial charge is 0.489 e. The molecule has 0 spiro atoms. The van der Waals surface area contributed by atoms with Gasteiger partial charge in [0.15, 0.2) is 0 Å². The van der Waals surface area contributed by atoms with Gasteiger partial charge in [-0.15, -0.1) is 0 Å². The molecule has 0 N–H and O–H groups in total. The number of benzene rings is 2. The van der Waals surface area contributed by atoms with E-state index in [-0.39, 0.29) is 17.9 Å². The Labute approximate surface area is 138 Å². The van der Waals surface area contributed by atoms with Crippen LogP contribution in [0.3, 0.4) is 0 Å². The number of rotatable bonds is 5. The molecule has 24 heavy (non-hydrogen) atoms. The lowest BCUT2D eigenvalue weighted by Gasteiger charge is -2.19. The van der Waals surface area contributed by atoms with Crippen LogP contribution in [-0.2, 0) is 22.3 Å². The molecule has 128 valence electrons. The summed E-state index contributed by atoms with van der Waals surface area (Å²) in [6.07, 6.45) is -5.57. The summed E-state index contributed by atoms with van der Waals surface area (Å²) in [5, 5.41) is 0. The average molecular weight is 338 g/mol. The predicted octanol–water partition coefficient (Wildman–Crippen LogP) is 4.91. The Hall–Kier alpha value is -2.50. The Morgan fingerprint density at radius 2 is 1.79 bits per heavy atom. The summed E-state index contributed by atoms with van der Waals surface area (Å²) in [5.74, 6) is -0.368. The Balaban J connectivity index is 2.26. The van der Waals surface area contributed by atoms with E-state index in [0.717, 1.165) is 18.6 Å². The topological polar surface area (TPSA) is 35.5 Å². The number of carbonyl (C=O) groups is 1. The maximum Gasteiger partial charge on any atom is 0.416 e. The summed E-state index contributed by atoms with van der Waals surface area (Å²) in [6, 6.07) is 12.7. The van der Waals surface area contributed by atoms with Gasteiger partial charge in [-0.25, -0.2) is 0 Å². The highest BCUT2D eigenvalue weighted by Crippen LogP contribution is 2.37. The van der Waals surface area contributed by atoms with Crippen molar-refractivity contribution in [2.45, 2.75) is 32.7 Å². The molecule has 6 heteroatoms. The second kappa shape index (κ2) is 7.38. The van der Waals surface area contributed by atoms with E-state index in [1.165, 1.54) is 19.1 Å². The number of carbonyl (C=O) groups excluding carboxylic acids is 1. The number of hydrogen-bond donors (Lipinski definition) is 0. The van der Waals surface area contributed by atoms with Gasteiger partial charge in [0.1, 0.15) is 18.5 Å². The number of alkyl halides is 3. The van der Waals surface area contributed by atoms with Crippen molar-refractivity contribution in [1.82, 2.24) is 0 Å². The first-order valence-corrected chi connectivity index (χ1v) is 7.32. The molecule has 1 unspecified atom stereocenters. The highest BCUT2D eigenvalue weighted by molar-refractivity contribution is 5.66. The molecule has 2 rings (SSSR count). The zero-order chi connectivity index (χ0) is 17.7. The lowest BCUT2D eigenvalue weighted by molar-refractivity contribution is -0.149. The summed E-state index contributed by atoms with van der Waals surface area (Å²) >= 11 is 0. The fourth-order valence-electron chi connectivity index (χ4n) is 2.28. The van der Waals surface area contributed by atoms with Crippen LogP contribution in [0.4, 0.5) is 13.2 Å². The minimum absolute atomic E-state index is 0.136.